The molecule has 0 saturated heterocycles. The van der Waals surface area contributed by atoms with Crippen molar-refractivity contribution < 1.29 is 9.47 Å². The predicted molar refractivity (Wildman–Crippen MR) is 74.3 cm³/mol. The molecule has 0 radical (unpaired) electrons. The monoisotopic (exact) mass is 246 g/mol. The highest BCUT2D eigenvalue weighted by Gasteiger charge is 2.42. The molecule has 1 aromatic carbocycles. The molecule has 2 rings (SSSR count). The molecule has 0 atom stereocenters. The largest absolute Gasteiger partial charge is 0.343 e. The minimum atomic E-state index is -0.643. The second-order valence-corrected chi connectivity index (χ2v) is 4.49. The molecule has 1 aliphatic rings. The van der Waals surface area contributed by atoms with Crippen molar-refractivity contribution in [2.45, 2.75) is 39.4 Å². The van der Waals surface area contributed by atoms with E-state index < -0.39 is 5.79 Å². The van der Waals surface area contributed by atoms with E-state index in [0.29, 0.717) is 13.2 Å². The first-order valence-electron chi connectivity index (χ1n) is 6.87. The van der Waals surface area contributed by atoms with Crippen LogP contribution in [0.15, 0.2) is 29.8 Å². The lowest BCUT2D eigenvalue weighted by Gasteiger charge is -2.33. The molecule has 0 aromatic heterocycles. The number of hydrogen-bond donors (Lipinski definition) is 0. The Kier molecular flexibility index (Phi) is 4.20. The first-order chi connectivity index (χ1) is 8.78. The molecule has 0 unspecified atom stereocenters. The SMILES string of the molecule is CCCC1=Cc2ccccc2C1(OCC)OCC. The van der Waals surface area contributed by atoms with Gasteiger partial charge in [0.15, 0.2) is 0 Å². The Morgan fingerprint density at radius 1 is 1.00 bits per heavy atom. The second-order valence-electron chi connectivity index (χ2n) is 4.49. The molecule has 0 heterocycles. The predicted octanol–water partition coefficient (Wildman–Crippen LogP) is 4.11. The lowest BCUT2D eigenvalue weighted by Crippen LogP contribution is -2.33. The summed E-state index contributed by atoms with van der Waals surface area (Å²) in [6.45, 7) is 7.52. The maximum Gasteiger partial charge on any atom is 0.219 e. The Morgan fingerprint density at radius 3 is 2.28 bits per heavy atom. The minimum Gasteiger partial charge on any atom is -0.343 e. The molecule has 98 valence electrons. The van der Waals surface area contributed by atoms with Crippen molar-refractivity contribution in [2.24, 2.45) is 0 Å². The molecule has 0 aliphatic heterocycles. The van der Waals surface area contributed by atoms with E-state index in [2.05, 4.69) is 31.2 Å². The molecule has 18 heavy (non-hydrogen) atoms. The molecule has 1 aromatic rings. The maximum atomic E-state index is 6.03. The Balaban J connectivity index is 2.47. The third kappa shape index (κ3) is 2.11. The third-order valence-corrected chi connectivity index (χ3v) is 3.28. The summed E-state index contributed by atoms with van der Waals surface area (Å²) in [7, 11) is 0. The van der Waals surface area contributed by atoms with Gasteiger partial charge in [-0.05, 0) is 37.5 Å². The van der Waals surface area contributed by atoms with Crippen LogP contribution in [0, 0.1) is 0 Å². The van der Waals surface area contributed by atoms with Gasteiger partial charge in [0.25, 0.3) is 0 Å². The topological polar surface area (TPSA) is 18.5 Å². The number of rotatable bonds is 6. The zero-order valence-electron chi connectivity index (χ0n) is 11.5. The van der Waals surface area contributed by atoms with Gasteiger partial charge in [0.1, 0.15) is 0 Å². The van der Waals surface area contributed by atoms with Gasteiger partial charge in [0.05, 0.1) is 0 Å². The van der Waals surface area contributed by atoms with Gasteiger partial charge in [-0.25, -0.2) is 0 Å². The summed E-state index contributed by atoms with van der Waals surface area (Å²) < 4.78 is 12.1. The molecular formula is C16H22O2. The molecule has 0 bridgehead atoms. The molecule has 0 amide bonds. The fourth-order valence-electron chi connectivity index (χ4n) is 2.67. The zero-order valence-corrected chi connectivity index (χ0v) is 11.5. The number of hydrogen-bond acceptors (Lipinski definition) is 2. The standard InChI is InChI=1S/C16H22O2/c1-4-9-14-12-13-10-7-8-11-15(13)16(14,17-5-2)18-6-3/h7-8,10-12H,4-6,9H2,1-3H3. The van der Waals surface area contributed by atoms with Gasteiger partial charge in [0.2, 0.25) is 5.79 Å². The Morgan fingerprint density at radius 2 is 1.67 bits per heavy atom. The van der Waals surface area contributed by atoms with E-state index in [1.807, 2.05) is 19.9 Å². The summed E-state index contributed by atoms with van der Waals surface area (Å²) in [6, 6.07) is 8.35. The normalized spacial score (nSPS) is 16.5. The van der Waals surface area contributed by atoms with Crippen LogP contribution >= 0.6 is 0 Å². The van der Waals surface area contributed by atoms with Crippen molar-refractivity contribution in [3.8, 4) is 0 Å². The van der Waals surface area contributed by atoms with E-state index in [4.69, 9.17) is 9.47 Å². The van der Waals surface area contributed by atoms with E-state index in [1.54, 1.807) is 0 Å². The Hall–Kier alpha value is -1.12. The van der Waals surface area contributed by atoms with Crippen molar-refractivity contribution in [3.05, 3.63) is 41.0 Å². The van der Waals surface area contributed by atoms with Crippen molar-refractivity contribution in [3.63, 3.8) is 0 Å². The molecular weight excluding hydrogens is 224 g/mol. The van der Waals surface area contributed by atoms with E-state index in [0.717, 1.165) is 18.4 Å². The quantitative estimate of drug-likeness (QED) is 0.703. The Bertz CT molecular complexity index is 428. The third-order valence-electron chi connectivity index (χ3n) is 3.28. The molecule has 0 saturated carbocycles. The van der Waals surface area contributed by atoms with Crippen LogP contribution < -0.4 is 0 Å². The van der Waals surface area contributed by atoms with Crippen LogP contribution in [0.1, 0.15) is 44.7 Å². The van der Waals surface area contributed by atoms with Crippen LogP contribution in [0.2, 0.25) is 0 Å². The number of benzene rings is 1. The van der Waals surface area contributed by atoms with Crippen molar-refractivity contribution in [2.75, 3.05) is 13.2 Å². The van der Waals surface area contributed by atoms with Gasteiger partial charge in [-0.15, -0.1) is 0 Å². The molecule has 1 aliphatic carbocycles. The van der Waals surface area contributed by atoms with E-state index in [-0.39, 0.29) is 0 Å². The van der Waals surface area contributed by atoms with Crippen LogP contribution in [0.3, 0.4) is 0 Å². The van der Waals surface area contributed by atoms with Gasteiger partial charge >= 0.3 is 0 Å². The summed E-state index contributed by atoms with van der Waals surface area (Å²) in [6.07, 6.45) is 4.33. The average Bonchev–Trinajstić information content (AvgIpc) is 2.66. The molecule has 0 fully saturated rings. The van der Waals surface area contributed by atoms with Gasteiger partial charge in [-0.1, -0.05) is 37.6 Å². The average molecular weight is 246 g/mol. The van der Waals surface area contributed by atoms with Gasteiger partial charge in [-0.3, -0.25) is 0 Å². The first-order valence-corrected chi connectivity index (χ1v) is 6.87. The first kappa shape index (κ1) is 13.3. The van der Waals surface area contributed by atoms with Gasteiger partial charge < -0.3 is 9.47 Å². The van der Waals surface area contributed by atoms with Crippen molar-refractivity contribution in [1.82, 2.24) is 0 Å². The van der Waals surface area contributed by atoms with E-state index >= 15 is 0 Å². The Labute approximate surface area is 110 Å². The number of ether oxygens (including phenoxy) is 2. The molecule has 0 spiro atoms. The summed E-state index contributed by atoms with van der Waals surface area (Å²) in [5.74, 6) is -0.643. The smallest absolute Gasteiger partial charge is 0.219 e. The highest BCUT2D eigenvalue weighted by Crippen LogP contribution is 2.45. The van der Waals surface area contributed by atoms with Gasteiger partial charge in [0, 0.05) is 18.8 Å². The highest BCUT2D eigenvalue weighted by molar-refractivity contribution is 5.67. The van der Waals surface area contributed by atoms with E-state index in [9.17, 15) is 0 Å². The van der Waals surface area contributed by atoms with Crippen LogP contribution in [0.4, 0.5) is 0 Å². The van der Waals surface area contributed by atoms with E-state index in [1.165, 1.54) is 11.1 Å². The summed E-state index contributed by atoms with van der Waals surface area (Å²) in [5, 5.41) is 0. The van der Waals surface area contributed by atoms with Crippen molar-refractivity contribution in [1.29, 1.82) is 0 Å². The molecule has 2 heteroatoms. The van der Waals surface area contributed by atoms with Crippen LogP contribution in [-0.4, -0.2) is 13.2 Å². The maximum absolute atomic E-state index is 6.03. The van der Waals surface area contributed by atoms with Crippen LogP contribution in [0.5, 0.6) is 0 Å². The van der Waals surface area contributed by atoms with Crippen LogP contribution in [-0.2, 0) is 15.3 Å². The minimum absolute atomic E-state index is 0.643. The highest BCUT2D eigenvalue weighted by atomic mass is 16.7. The van der Waals surface area contributed by atoms with Crippen molar-refractivity contribution >= 4 is 6.08 Å². The fraction of sp³-hybridized carbons (Fsp3) is 0.500. The molecule has 2 nitrogen and oxygen atoms in total. The summed E-state index contributed by atoms with van der Waals surface area (Å²) in [5.41, 5.74) is 3.62. The fourth-order valence-corrected chi connectivity index (χ4v) is 2.67. The zero-order chi connectivity index (χ0) is 13.0. The lowest BCUT2D eigenvalue weighted by atomic mass is 9.99. The summed E-state index contributed by atoms with van der Waals surface area (Å²) >= 11 is 0. The van der Waals surface area contributed by atoms with Crippen LogP contribution in [0.25, 0.3) is 6.08 Å². The second kappa shape index (κ2) is 5.68. The number of fused-ring (bicyclic) bond motifs is 1. The summed E-state index contributed by atoms with van der Waals surface area (Å²) in [4.78, 5) is 0. The lowest BCUT2D eigenvalue weighted by molar-refractivity contribution is -0.214. The molecule has 0 N–H and O–H groups in total. The van der Waals surface area contributed by atoms with Gasteiger partial charge in [-0.2, -0.15) is 0 Å².